The third-order valence-electron chi connectivity index (χ3n) is 7.34. The first-order valence-electron chi connectivity index (χ1n) is 12.9. The molecule has 11 nitrogen and oxygen atoms in total. The lowest BCUT2D eigenvalue weighted by Gasteiger charge is -2.40. The number of aromatic nitrogens is 7. The molecule has 0 spiro atoms. The summed E-state index contributed by atoms with van der Waals surface area (Å²) in [6.07, 6.45) is 5.18. The van der Waals surface area contributed by atoms with Crippen LogP contribution in [0.3, 0.4) is 0 Å². The van der Waals surface area contributed by atoms with Crippen LogP contribution in [0.4, 0.5) is 10.2 Å². The molecule has 4 aromatic rings. The van der Waals surface area contributed by atoms with Gasteiger partial charge in [-0.25, -0.2) is 23.4 Å². The first-order valence-corrected chi connectivity index (χ1v) is 12.9. The van der Waals surface area contributed by atoms with E-state index in [9.17, 15) is 9.59 Å². The van der Waals surface area contributed by atoms with Crippen LogP contribution < -0.4 is 10.6 Å². The minimum Gasteiger partial charge on any atom is -0.350 e. The number of anilines is 1. The molecule has 0 N–H and O–H groups in total. The molecule has 200 valence electrons. The number of nitrogens with zero attached hydrogens (tertiary/aromatic N) is 9. The molecule has 39 heavy (non-hydrogen) atoms. The van der Waals surface area contributed by atoms with Crippen molar-refractivity contribution in [2.45, 2.75) is 45.7 Å². The Morgan fingerprint density at radius 2 is 2.08 bits per heavy atom. The van der Waals surface area contributed by atoms with Crippen molar-refractivity contribution in [1.82, 2.24) is 39.4 Å². The zero-order valence-electron chi connectivity index (χ0n) is 22.0. The van der Waals surface area contributed by atoms with Gasteiger partial charge in [0, 0.05) is 44.5 Å². The number of pyridine rings is 2. The van der Waals surface area contributed by atoms with E-state index in [0.29, 0.717) is 60.0 Å². The highest BCUT2D eigenvalue weighted by Gasteiger charge is 2.31. The van der Waals surface area contributed by atoms with Gasteiger partial charge < -0.3 is 9.80 Å². The molecular weight excluding hydrogens is 501 g/mol. The fourth-order valence-electron chi connectivity index (χ4n) is 5.46. The summed E-state index contributed by atoms with van der Waals surface area (Å²) < 4.78 is 18.6. The van der Waals surface area contributed by atoms with E-state index in [1.54, 1.807) is 22.0 Å². The van der Waals surface area contributed by atoms with E-state index in [2.05, 4.69) is 26.9 Å². The number of rotatable bonds is 3. The Bertz CT molecular complexity index is 1690. The Morgan fingerprint density at radius 3 is 2.82 bits per heavy atom. The van der Waals surface area contributed by atoms with Gasteiger partial charge in [0.05, 0.1) is 29.0 Å². The van der Waals surface area contributed by atoms with Crippen molar-refractivity contribution >= 4 is 22.8 Å². The maximum absolute atomic E-state index is 15.6. The number of carbonyl (C=O) groups excluding carboxylic acids is 1. The van der Waals surface area contributed by atoms with Crippen molar-refractivity contribution in [2.75, 3.05) is 24.5 Å². The maximum Gasteiger partial charge on any atom is 0.355 e. The number of hydrogen-bond donors (Lipinski definition) is 0. The molecule has 4 bridgehead atoms. The molecule has 6 heterocycles. The van der Waals surface area contributed by atoms with Crippen molar-refractivity contribution in [3.63, 3.8) is 0 Å². The molecule has 1 atom stereocenters. The van der Waals surface area contributed by atoms with E-state index in [1.165, 1.54) is 16.7 Å². The van der Waals surface area contributed by atoms with Gasteiger partial charge in [0.2, 0.25) is 5.91 Å². The molecule has 0 radical (unpaired) electrons. The quantitative estimate of drug-likeness (QED) is 0.327. The first kappa shape index (κ1) is 24.8. The summed E-state index contributed by atoms with van der Waals surface area (Å²) in [5.41, 5.74) is 2.69. The highest BCUT2D eigenvalue weighted by atomic mass is 19.1. The normalized spacial score (nSPS) is 16.9. The van der Waals surface area contributed by atoms with Crippen LogP contribution in [0.1, 0.15) is 49.3 Å². The molecule has 4 aromatic heterocycles. The number of amides is 1. The first-order chi connectivity index (χ1) is 18.7. The summed E-state index contributed by atoms with van der Waals surface area (Å²) in [5.74, 6) is -0.358. The van der Waals surface area contributed by atoms with E-state index in [-0.39, 0.29) is 30.1 Å². The van der Waals surface area contributed by atoms with Crippen LogP contribution in [0.15, 0.2) is 42.0 Å². The van der Waals surface area contributed by atoms with Crippen LogP contribution in [-0.4, -0.2) is 71.0 Å². The summed E-state index contributed by atoms with van der Waals surface area (Å²) in [6.45, 7) is 10.9. The Balaban J connectivity index is 1.63. The largest absolute Gasteiger partial charge is 0.355 e. The highest BCUT2D eigenvalue weighted by molar-refractivity contribution is 5.90. The maximum atomic E-state index is 15.6. The molecule has 1 amide bonds. The van der Waals surface area contributed by atoms with Crippen LogP contribution in [0.25, 0.3) is 16.7 Å². The molecule has 12 heteroatoms. The summed E-state index contributed by atoms with van der Waals surface area (Å²) in [5, 5.41) is 8.83. The van der Waals surface area contributed by atoms with Crippen molar-refractivity contribution in [3.8, 4) is 5.69 Å². The number of piperazine rings is 1. The van der Waals surface area contributed by atoms with E-state index >= 15 is 4.39 Å². The number of halogens is 1. The minimum absolute atomic E-state index is 0.0159. The van der Waals surface area contributed by atoms with Crippen molar-refractivity contribution < 1.29 is 9.18 Å². The van der Waals surface area contributed by atoms with E-state index in [0.717, 1.165) is 5.56 Å². The lowest BCUT2D eigenvalue weighted by atomic mass is 10.0. The van der Waals surface area contributed by atoms with Crippen LogP contribution in [0.5, 0.6) is 0 Å². The second-order valence-corrected chi connectivity index (χ2v) is 10.3. The minimum atomic E-state index is -0.532. The molecule has 0 saturated carbocycles. The fraction of sp³-hybridized carbons (Fsp3) is 0.370. The second kappa shape index (κ2) is 9.37. The van der Waals surface area contributed by atoms with Crippen LogP contribution in [0, 0.1) is 5.82 Å². The molecule has 2 aliphatic heterocycles. The summed E-state index contributed by atoms with van der Waals surface area (Å²) >= 11 is 0. The van der Waals surface area contributed by atoms with Gasteiger partial charge in [-0.1, -0.05) is 25.6 Å². The Labute approximate surface area is 223 Å². The summed E-state index contributed by atoms with van der Waals surface area (Å²) in [4.78, 5) is 43.6. The van der Waals surface area contributed by atoms with Gasteiger partial charge >= 0.3 is 5.69 Å². The molecule has 0 aromatic carbocycles. The molecule has 1 saturated heterocycles. The summed E-state index contributed by atoms with van der Waals surface area (Å²) in [7, 11) is 0. The zero-order valence-corrected chi connectivity index (χ0v) is 22.0. The van der Waals surface area contributed by atoms with Crippen molar-refractivity contribution in [3.05, 3.63) is 76.1 Å². The predicted molar refractivity (Wildman–Crippen MR) is 142 cm³/mol. The topological polar surface area (TPSA) is 115 Å². The molecule has 6 rings (SSSR count). The molecule has 1 fully saturated rings. The van der Waals surface area contributed by atoms with Crippen LogP contribution in [0.2, 0.25) is 0 Å². The molecule has 0 aliphatic carbocycles. The predicted octanol–water partition coefficient (Wildman–Crippen LogP) is 2.21. The smallest absolute Gasteiger partial charge is 0.350 e. The van der Waals surface area contributed by atoms with Crippen LogP contribution >= 0.6 is 0 Å². The SMILES string of the molecule is C=CC(=O)N1CCN(c2nc(=O)n3c4nc(c(F)cc24)Cn2cc(nn2)Cc2ccnc(C(C)C)c2-3)[C@@H](C)C1. The van der Waals surface area contributed by atoms with Crippen molar-refractivity contribution in [2.24, 2.45) is 0 Å². The Kier molecular flexibility index (Phi) is 5.96. The van der Waals surface area contributed by atoms with E-state index in [4.69, 9.17) is 4.98 Å². The highest BCUT2D eigenvalue weighted by Crippen LogP contribution is 2.32. The average Bonchev–Trinajstić information content (AvgIpc) is 3.34. The lowest BCUT2D eigenvalue weighted by Crippen LogP contribution is -2.54. The third kappa shape index (κ3) is 4.16. The zero-order chi connectivity index (χ0) is 27.4. The van der Waals surface area contributed by atoms with Gasteiger partial charge in [-0.3, -0.25) is 9.78 Å². The molecular formula is C27H28FN9O2. The average molecular weight is 530 g/mol. The standard InChI is InChI=1S/C27H28FN9O2/c1-5-22(38)34-8-9-36(16(4)12-34)25-19-11-20(28)21-14-35-13-18(32-33-35)10-17-6-7-29-23(15(2)3)24(17)37(26(19)30-21)27(39)31-25/h5-7,11,13,15-16H,1,8-10,12,14H2,2-4H3/t16-/m0/s1. The van der Waals surface area contributed by atoms with Gasteiger partial charge in [0.25, 0.3) is 0 Å². The fourth-order valence-corrected chi connectivity index (χ4v) is 5.46. The third-order valence-corrected chi connectivity index (χ3v) is 7.34. The van der Waals surface area contributed by atoms with Gasteiger partial charge in [-0.15, -0.1) is 5.10 Å². The number of hydrogen-bond acceptors (Lipinski definition) is 8. The number of fused-ring (bicyclic) bond motifs is 5. The Hall–Kier alpha value is -4.48. The lowest BCUT2D eigenvalue weighted by molar-refractivity contribution is -0.126. The van der Waals surface area contributed by atoms with Gasteiger partial charge in [-0.05, 0) is 36.6 Å². The van der Waals surface area contributed by atoms with Gasteiger partial charge in [0.1, 0.15) is 17.3 Å². The van der Waals surface area contributed by atoms with Gasteiger partial charge in [-0.2, -0.15) is 4.98 Å². The molecule has 0 unspecified atom stereocenters. The monoisotopic (exact) mass is 529 g/mol. The Morgan fingerprint density at radius 1 is 1.26 bits per heavy atom. The van der Waals surface area contributed by atoms with E-state index < -0.39 is 11.5 Å². The van der Waals surface area contributed by atoms with E-state index in [1.807, 2.05) is 31.7 Å². The van der Waals surface area contributed by atoms with Gasteiger partial charge in [0.15, 0.2) is 5.65 Å². The van der Waals surface area contributed by atoms with Crippen LogP contribution in [-0.2, 0) is 17.8 Å². The second-order valence-electron chi connectivity index (χ2n) is 10.3. The number of carbonyl (C=O) groups is 1. The molecule has 2 aliphatic rings. The van der Waals surface area contributed by atoms with Crippen molar-refractivity contribution in [1.29, 1.82) is 0 Å². The summed E-state index contributed by atoms with van der Waals surface area (Å²) in [6, 6.07) is 3.07.